The van der Waals surface area contributed by atoms with Gasteiger partial charge in [-0.05, 0) is 29.1 Å². The van der Waals surface area contributed by atoms with Gasteiger partial charge in [-0.25, -0.2) is 4.98 Å². The highest BCUT2D eigenvalue weighted by atomic mass is 32.1. The van der Waals surface area contributed by atoms with E-state index in [4.69, 9.17) is 0 Å². The number of hydrogen-bond acceptors (Lipinski definition) is 5. The molecule has 0 radical (unpaired) electrons. The summed E-state index contributed by atoms with van der Waals surface area (Å²) < 4.78 is 37.9. The maximum absolute atomic E-state index is 12.6. The van der Waals surface area contributed by atoms with Crippen molar-refractivity contribution >= 4 is 34.0 Å². The summed E-state index contributed by atoms with van der Waals surface area (Å²) in [6, 6.07) is 8.89. The molecule has 0 fully saturated rings. The minimum Gasteiger partial charge on any atom is -0.253 e. The number of halogens is 3. The Labute approximate surface area is 138 Å². The lowest BCUT2D eigenvalue weighted by atomic mass is 10.1. The first kappa shape index (κ1) is 15.7. The maximum atomic E-state index is 12.6. The zero-order valence-electron chi connectivity index (χ0n) is 11.5. The van der Waals surface area contributed by atoms with Gasteiger partial charge in [0, 0.05) is 5.38 Å². The number of anilines is 1. The van der Waals surface area contributed by atoms with E-state index in [9.17, 15) is 13.2 Å². The van der Waals surface area contributed by atoms with Crippen molar-refractivity contribution in [2.45, 2.75) is 6.18 Å². The molecule has 0 saturated carbocycles. The number of alkyl halides is 3. The lowest BCUT2D eigenvalue weighted by Crippen LogP contribution is -2.05. The summed E-state index contributed by atoms with van der Waals surface area (Å²) in [6.07, 6.45) is -3.02. The van der Waals surface area contributed by atoms with Crippen molar-refractivity contribution < 1.29 is 13.2 Å². The van der Waals surface area contributed by atoms with Gasteiger partial charge in [-0.1, -0.05) is 18.2 Å². The fraction of sp³-hybridized carbons (Fsp3) is 0.0667. The topological polar surface area (TPSA) is 37.3 Å². The second kappa shape index (κ2) is 6.51. The second-order valence-electron chi connectivity index (χ2n) is 4.51. The molecule has 3 aromatic rings. The molecule has 8 heteroatoms. The molecule has 0 bridgehead atoms. The Balaban J connectivity index is 1.68. The highest BCUT2D eigenvalue weighted by Crippen LogP contribution is 2.29. The van der Waals surface area contributed by atoms with E-state index in [0.29, 0.717) is 10.7 Å². The number of benzene rings is 1. The van der Waals surface area contributed by atoms with Gasteiger partial charge in [0.2, 0.25) is 5.13 Å². The number of rotatable bonds is 4. The molecule has 1 aromatic carbocycles. The van der Waals surface area contributed by atoms with Gasteiger partial charge in [-0.2, -0.15) is 18.3 Å². The average Bonchev–Trinajstić information content (AvgIpc) is 3.18. The van der Waals surface area contributed by atoms with Crippen molar-refractivity contribution in [3.8, 4) is 10.6 Å². The molecule has 0 aliphatic heterocycles. The van der Waals surface area contributed by atoms with Crippen LogP contribution in [0.3, 0.4) is 0 Å². The van der Waals surface area contributed by atoms with Crippen LogP contribution in [0.1, 0.15) is 11.1 Å². The fourth-order valence-corrected chi connectivity index (χ4v) is 3.24. The monoisotopic (exact) mass is 353 g/mol. The van der Waals surface area contributed by atoms with Gasteiger partial charge in [0.05, 0.1) is 22.3 Å². The van der Waals surface area contributed by atoms with Crippen molar-refractivity contribution in [1.82, 2.24) is 4.98 Å². The summed E-state index contributed by atoms with van der Waals surface area (Å²) in [6.45, 7) is 0. The number of thiazole rings is 1. The van der Waals surface area contributed by atoms with E-state index >= 15 is 0 Å². The summed E-state index contributed by atoms with van der Waals surface area (Å²) in [5, 5.41) is 8.38. The van der Waals surface area contributed by atoms with E-state index in [0.717, 1.165) is 22.7 Å². The molecule has 0 amide bonds. The lowest BCUT2D eigenvalue weighted by Gasteiger charge is -2.06. The van der Waals surface area contributed by atoms with Crippen molar-refractivity contribution in [3.63, 3.8) is 0 Å². The molecule has 2 aromatic heterocycles. The summed E-state index contributed by atoms with van der Waals surface area (Å²) in [5.41, 5.74) is 3.25. The molecular weight excluding hydrogens is 343 g/mol. The van der Waals surface area contributed by atoms with Crippen LogP contribution in [0.2, 0.25) is 0 Å². The van der Waals surface area contributed by atoms with Crippen LogP contribution in [-0.2, 0) is 6.18 Å². The zero-order valence-corrected chi connectivity index (χ0v) is 13.2. The number of nitrogens with zero attached hydrogens (tertiary/aromatic N) is 2. The third-order valence-electron chi connectivity index (χ3n) is 2.87. The van der Waals surface area contributed by atoms with Crippen LogP contribution in [0.15, 0.2) is 52.3 Å². The molecular formula is C15H10F3N3S2. The van der Waals surface area contributed by atoms with E-state index in [1.165, 1.54) is 23.6 Å². The second-order valence-corrected chi connectivity index (χ2v) is 6.31. The van der Waals surface area contributed by atoms with Crippen LogP contribution in [0.25, 0.3) is 10.6 Å². The Kier molecular flexibility index (Phi) is 4.44. The van der Waals surface area contributed by atoms with Crippen LogP contribution < -0.4 is 5.43 Å². The zero-order chi connectivity index (χ0) is 16.3. The number of hydrazone groups is 1. The maximum Gasteiger partial charge on any atom is 0.416 e. The minimum absolute atomic E-state index is 0.363. The predicted molar refractivity (Wildman–Crippen MR) is 88.1 cm³/mol. The quantitative estimate of drug-likeness (QED) is 0.508. The Morgan fingerprint density at radius 1 is 1.13 bits per heavy atom. The van der Waals surface area contributed by atoms with Crippen molar-refractivity contribution in [1.29, 1.82) is 0 Å². The minimum atomic E-state index is -4.36. The molecule has 23 heavy (non-hydrogen) atoms. The fourth-order valence-electron chi connectivity index (χ4n) is 1.82. The molecule has 0 unspecified atom stereocenters. The Morgan fingerprint density at radius 3 is 2.74 bits per heavy atom. The number of thiophene rings is 1. The highest BCUT2D eigenvalue weighted by Gasteiger charge is 2.30. The Hall–Kier alpha value is -2.19. The van der Waals surface area contributed by atoms with Crippen LogP contribution in [0.4, 0.5) is 18.3 Å². The van der Waals surface area contributed by atoms with E-state index in [1.807, 2.05) is 22.9 Å². The smallest absolute Gasteiger partial charge is 0.253 e. The molecule has 1 N–H and O–H groups in total. The third-order valence-corrected chi connectivity index (χ3v) is 4.50. The molecule has 0 saturated heterocycles. The SMILES string of the molecule is FC(F)(F)c1cccc(/C=N\Nc2nc(-c3cccs3)cs2)c1. The number of hydrogen-bond donors (Lipinski definition) is 1. The Morgan fingerprint density at radius 2 is 2.00 bits per heavy atom. The van der Waals surface area contributed by atoms with Crippen molar-refractivity contribution in [2.24, 2.45) is 5.10 Å². The van der Waals surface area contributed by atoms with Gasteiger partial charge in [0.1, 0.15) is 0 Å². The molecule has 3 nitrogen and oxygen atoms in total. The van der Waals surface area contributed by atoms with Gasteiger partial charge < -0.3 is 0 Å². The summed E-state index contributed by atoms with van der Waals surface area (Å²) in [7, 11) is 0. The highest BCUT2D eigenvalue weighted by molar-refractivity contribution is 7.15. The summed E-state index contributed by atoms with van der Waals surface area (Å²) in [5.74, 6) is 0. The summed E-state index contributed by atoms with van der Waals surface area (Å²) in [4.78, 5) is 5.42. The molecule has 0 aliphatic carbocycles. The first-order valence-corrected chi connectivity index (χ1v) is 8.24. The van der Waals surface area contributed by atoms with Crippen molar-refractivity contribution in [2.75, 3.05) is 5.43 Å². The van der Waals surface area contributed by atoms with E-state index in [1.54, 1.807) is 17.4 Å². The van der Waals surface area contributed by atoms with Crippen LogP contribution >= 0.6 is 22.7 Å². The van der Waals surface area contributed by atoms with Crippen LogP contribution in [0.5, 0.6) is 0 Å². The van der Waals surface area contributed by atoms with Gasteiger partial charge >= 0.3 is 6.18 Å². The van der Waals surface area contributed by atoms with Gasteiger partial charge in [-0.3, -0.25) is 5.43 Å². The number of nitrogens with one attached hydrogen (secondary N) is 1. The van der Waals surface area contributed by atoms with E-state index < -0.39 is 11.7 Å². The average molecular weight is 353 g/mol. The first-order valence-electron chi connectivity index (χ1n) is 6.48. The largest absolute Gasteiger partial charge is 0.416 e. The van der Waals surface area contributed by atoms with E-state index in [2.05, 4.69) is 15.5 Å². The van der Waals surface area contributed by atoms with Crippen LogP contribution in [-0.4, -0.2) is 11.2 Å². The lowest BCUT2D eigenvalue weighted by molar-refractivity contribution is -0.137. The van der Waals surface area contributed by atoms with Crippen molar-refractivity contribution in [3.05, 3.63) is 58.3 Å². The van der Waals surface area contributed by atoms with Crippen LogP contribution in [0, 0.1) is 0 Å². The predicted octanol–water partition coefficient (Wildman–Crippen LogP) is 5.34. The number of aromatic nitrogens is 1. The third kappa shape index (κ3) is 3.96. The molecule has 118 valence electrons. The van der Waals surface area contributed by atoms with Gasteiger partial charge in [0.25, 0.3) is 0 Å². The molecule has 2 heterocycles. The standard InChI is InChI=1S/C15H10F3N3S2/c16-15(17,18)11-4-1-3-10(7-11)8-19-21-14-20-12(9-23-14)13-5-2-6-22-13/h1-9H,(H,20,21)/b19-8-. The van der Waals surface area contributed by atoms with Gasteiger partial charge in [-0.15, -0.1) is 22.7 Å². The van der Waals surface area contributed by atoms with E-state index in [-0.39, 0.29) is 0 Å². The first-order chi connectivity index (χ1) is 11.0. The molecule has 0 atom stereocenters. The molecule has 3 rings (SSSR count). The molecule has 0 spiro atoms. The summed E-state index contributed by atoms with van der Waals surface area (Å²) >= 11 is 2.97. The van der Waals surface area contributed by atoms with Gasteiger partial charge in [0.15, 0.2) is 0 Å². The normalized spacial score (nSPS) is 12.0. The molecule has 0 aliphatic rings. The Bertz CT molecular complexity index is 807.